The second kappa shape index (κ2) is 8.76. The molecule has 4 nitrogen and oxygen atoms in total. The maximum Gasteiger partial charge on any atom is 0.252 e. The molecular weight excluding hydrogens is 381 g/mol. The number of nitrogens with zero attached hydrogens (tertiary/aromatic N) is 1. The standard InChI is InChI=1S/C21H27N3O.2ClH/c1-12-9-13(2)20-17(10-12)18(11-19(24-20)14-3-4-14)21(25)23-16-7-5-15(22)6-8-16;;/h9-11,14-16H,3-8,22H2,1-2H3,(H,23,25);2*1H. The molecule has 1 amide bonds. The molecule has 0 saturated heterocycles. The zero-order valence-electron chi connectivity index (χ0n) is 16.0. The van der Waals surface area contributed by atoms with Crippen LogP contribution in [0.5, 0.6) is 0 Å². The molecule has 1 heterocycles. The van der Waals surface area contributed by atoms with Gasteiger partial charge in [0, 0.05) is 29.1 Å². The van der Waals surface area contributed by atoms with Crippen LogP contribution in [0.1, 0.15) is 71.6 Å². The molecule has 2 saturated carbocycles. The number of carbonyl (C=O) groups is 1. The molecule has 27 heavy (non-hydrogen) atoms. The van der Waals surface area contributed by atoms with Crippen molar-refractivity contribution in [3.8, 4) is 0 Å². The van der Waals surface area contributed by atoms with Gasteiger partial charge in [0.2, 0.25) is 0 Å². The minimum Gasteiger partial charge on any atom is -0.349 e. The molecule has 148 valence electrons. The Hall–Kier alpha value is -1.36. The SMILES string of the molecule is Cc1cc(C)c2nc(C3CC3)cc(C(=O)NC3CCC(N)CC3)c2c1.Cl.Cl. The van der Waals surface area contributed by atoms with Gasteiger partial charge in [-0.1, -0.05) is 11.6 Å². The number of nitrogens with two attached hydrogens (primary N) is 1. The van der Waals surface area contributed by atoms with Crippen LogP contribution in [-0.4, -0.2) is 23.0 Å². The third kappa shape index (κ3) is 4.74. The lowest BCUT2D eigenvalue weighted by atomic mass is 9.91. The maximum absolute atomic E-state index is 13.1. The van der Waals surface area contributed by atoms with Gasteiger partial charge in [0.15, 0.2) is 0 Å². The Morgan fingerprint density at radius 3 is 2.33 bits per heavy atom. The van der Waals surface area contributed by atoms with Crippen LogP contribution in [0.2, 0.25) is 0 Å². The van der Waals surface area contributed by atoms with Gasteiger partial charge in [-0.15, -0.1) is 24.8 Å². The van der Waals surface area contributed by atoms with E-state index in [9.17, 15) is 4.79 Å². The summed E-state index contributed by atoms with van der Waals surface area (Å²) >= 11 is 0. The summed E-state index contributed by atoms with van der Waals surface area (Å²) in [4.78, 5) is 17.9. The molecule has 0 aliphatic heterocycles. The average Bonchev–Trinajstić information content (AvgIpc) is 3.41. The van der Waals surface area contributed by atoms with Crippen LogP contribution >= 0.6 is 24.8 Å². The number of carbonyl (C=O) groups excluding carboxylic acids is 1. The molecule has 2 aliphatic rings. The van der Waals surface area contributed by atoms with Crippen LogP contribution in [0.4, 0.5) is 0 Å². The number of aromatic nitrogens is 1. The van der Waals surface area contributed by atoms with Gasteiger partial charge in [-0.05, 0) is 70.1 Å². The van der Waals surface area contributed by atoms with Gasteiger partial charge in [0.1, 0.15) is 0 Å². The molecule has 0 atom stereocenters. The van der Waals surface area contributed by atoms with E-state index < -0.39 is 0 Å². The minimum absolute atomic E-state index is 0. The van der Waals surface area contributed by atoms with Crippen molar-refractivity contribution in [2.45, 2.75) is 70.4 Å². The first kappa shape index (κ1) is 21.9. The molecule has 0 unspecified atom stereocenters. The number of benzene rings is 1. The quantitative estimate of drug-likeness (QED) is 0.779. The first-order chi connectivity index (χ1) is 12.0. The molecule has 1 aromatic heterocycles. The van der Waals surface area contributed by atoms with E-state index in [-0.39, 0.29) is 36.8 Å². The fourth-order valence-corrected chi connectivity index (χ4v) is 4.00. The third-order valence-corrected chi connectivity index (χ3v) is 5.62. The molecule has 0 bridgehead atoms. The molecule has 2 aromatic rings. The molecule has 6 heteroatoms. The Kier molecular flexibility index (Phi) is 7.12. The first-order valence-corrected chi connectivity index (χ1v) is 9.49. The molecule has 2 aliphatic carbocycles. The van der Waals surface area contributed by atoms with Gasteiger partial charge in [0.05, 0.1) is 11.1 Å². The summed E-state index contributed by atoms with van der Waals surface area (Å²) in [5, 5.41) is 4.23. The van der Waals surface area contributed by atoms with Gasteiger partial charge in [-0.3, -0.25) is 9.78 Å². The Morgan fingerprint density at radius 2 is 1.70 bits per heavy atom. The molecule has 2 fully saturated rings. The van der Waals surface area contributed by atoms with Crippen molar-refractivity contribution in [1.82, 2.24) is 10.3 Å². The van der Waals surface area contributed by atoms with E-state index in [0.29, 0.717) is 12.0 Å². The Bertz CT molecular complexity index is 828. The van der Waals surface area contributed by atoms with Crippen molar-refractivity contribution < 1.29 is 4.79 Å². The van der Waals surface area contributed by atoms with Gasteiger partial charge in [-0.25, -0.2) is 0 Å². The lowest BCUT2D eigenvalue weighted by Gasteiger charge is -2.27. The summed E-state index contributed by atoms with van der Waals surface area (Å²) in [6.45, 7) is 4.16. The number of aryl methyl sites for hydroxylation is 2. The average molecular weight is 410 g/mol. The van der Waals surface area contributed by atoms with Crippen molar-refractivity contribution in [2.75, 3.05) is 0 Å². The number of pyridine rings is 1. The highest BCUT2D eigenvalue weighted by Gasteiger charge is 2.28. The van der Waals surface area contributed by atoms with Gasteiger partial charge in [0.25, 0.3) is 5.91 Å². The van der Waals surface area contributed by atoms with E-state index in [2.05, 4.69) is 31.3 Å². The normalized spacial score (nSPS) is 21.9. The summed E-state index contributed by atoms with van der Waals surface area (Å²) in [6.07, 6.45) is 6.31. The number of rotatable bonds is 3. The fourth-order valence-electron chi connectivity index (χ4n) is 4.00. The Labute approximate surface area is 173 Å². The largest absolute Gasteiger partial charge is 0.349 e. The Balaban J connectivity index is 0.00000131. The van der Waals surface area contributed by atoms with E-state index in [1.807, 2.05) is 6.07 Å². The lowest BCUT2D eigenvalue weighted by molar-refractivity contribution is 0.0927. The van der Waals surface area contributed by atoms with Crippen molar-refractivity contribution in [2.24, 2.45) is 5.73 Å². The van der Waals surface area contributed by atoms with Crippen molar-refractivity contribution in [3.05, 3.63) is 40.6 Å². The van der Waals surface area contributed by atoms with Gasteiger partial charge >= 0.3 is 0 Å². The summed E-state index contributed by atoms with van der Waals surface area (Å²) in [7, 11) is 0. The predicted octanol–water partition coefficient (Wildman–Crippen LogP) is 4.57. The van der Waals surface area contributed by atoms with E-state index in [0.717, 1.165) is 53.4 Å². The topological polar surface area (TPSA) is 68.0 Å². The number of hydrogen-bond donors (Lipinski definition) is 2. The second-order valence-corrected chi connectivity index (χ2v) is 7.93. The summed E-state index contributed by atoms with van der Waals surface area (Å²) in [5.74, 6) is 0.573. The highest BCUT2D eigenvalue weighted by Crippen LogP contribution is 2.40. The van der Waals surface area contributed by atoms with E-state index in [1.165, 1.54) is 18.4 Å². The molecule has 3 N–H and O–H groups in total. The number of hydrogen-bond acceptors (Lipinski definition) is 3. The fraction of sp³-hybridized carbons (Fsp3) is 0.524. The smallest absolute Gasteiger partial charge is 0.252 e. The molecule has 0 radical (unpaired) electrons. The molecule has 0 spiro atoms. The molecule has 4 rings (SSSR count). The van der Waals surface area contributed by atoms with Gasteiger partial charge < -0.3 is 11.1 Å². The minimum atomic E-state index is 0. The second-order valence-electron chi connectivity index (χ2n) is 7.93. The number of amides is 1. The summed E-state index contributed by atoms with van der Waals surface area (Å²) in [6, 6.07) is 6.81. The number of nitrogens with one attached hydrogen (secondary N) is 1. The zero-order chi connectivity index (χ0) is 17.6. The van der Waals surface area contributed by atoms with Gasteiger partial charge in [-0.2, -0.15) is 0 Å². The van der Waals surface area contributed by atoms with E-state index >= 15 is 0 Å². The summed E-state index contributed by atoms with van der Waals surface area (Å²) in [5.41, 5.74) is 11.1. The predicted molar refractivity (Wildman–Crippen MR) is 115 cm³/mol. The maximum atomic E-state index is 13.1. The van der Waals surface area contributed by atoms with E-state index in [4.69, 9.17) is 10.7 Å². The van der Waals surface area contributed by atoms with Crippen LogP contribution in [0.25, 0.3) is 10.9 Å². The van der Waals surface area contributed by atoms with Crippen LogP contribution in [-0.2, 0) is 0 Å². The third-order valence-electron chi connectivity index (χ3n) is 5.62. The monoisotopic (exact) mass is 409 g/mol. The van der Waals surface area contributed by atoms with Crippen molar-refractivity contribution in [1.29, 1.82) is 0 Å². The highest BCUT2D eigenvalue weighted by molar-refractivity contribution is 6.07. The number of fused-ring (bicyclic) bond motifs is 1. The Morgan fingerprint density at radius 1 is 1.04 bits per heavy atom. The molecule has 1 aromatic carbocycles. The van der Waals surface area contributed by atoms with E-state index in [1.54, 1.807) is 0 Å². The van der Waals surface area contributed by atoms with Crippen LogP contribution < -0.4 is 11.1 Å². The zero-order valence-corrected chi connectivity index (χ0v) is 17.6. The lowest BCUT2D eigenvalue weighted by Crippen LogP contribution is -2.40. The molecular formula is C21H29Cl2N3O. The van der Waals surface area contributed by atoms with Crippen molar-refractivity contribution in [3.63, 3.8) is 0 Å². The first-order valence-electron chi connectivity index (χ1n) is 9.49. The van der Waals surface area contributed by atoms with Crippen LogP contribution in [0.15, 0.2) is 18.2 Å². The van der Waals surface area contributed by atoms with Crippen LogP contribution in [0, 0.1) is 13.8 Å². The highest BCUT2D eigenvalue weighted by atomic mass is 35.5. The van der Waals surface area contributed by atoms with Crippen molar-refractivity contribution >= 4 is 41.6 Å². The summed E-state index contributed by atoms with van der Waals surface area (Å²) < 4.78 is 0. The van der Waals surface area contributed by atoms with Crippen LogP contribution in [0.3, 0.4) is 0 Å². The number of halogens is 2.